The number of rotatable bonds is 2. The molecule has 1 aromatic rings. The Hall–Kier alpha value is -1.60. The van der Waals surface area contributed by atoms with E-state index in [4.69, 9.17) is 10.5 Å². The predicted molar refractivity (Wildman–Crippen MR) is 76.9 cm³/mol. The summed E-state index contributed by atoms with van der Waals surface area (Å²) in [7, 11) is 0. The SMILES string of the molecule is Nc1nc(N2CCOCC2)cc(N2CCC[C@@H](O)C2)n1. The number of hydrogen-bond acceptors (Lipinski definition) is 7. The quantitative estimate of drug-likeness (QED) is 0.778. The fourth-order valence-electron chi connectivity index (χ4n) is 2.72. The van der Waals surface area contributed by atoms with Crippen molar-refractivity contribution in [2.45, 2.75) is 18.9 Å². The van der Waals surface area contributed by atoms with Crippen LogP contribution in [0.15, 0.2) is 6.07 Å². The predicted octanol–water partition coefficient (Wildman–Crippen LogP) is -0.144. The fourth-order valence-corrected chi connectivity index (χ4v) is 2.72. The second-order valence-corrected chi connectivity index (χ2v) is 5.28. The number of anilines is 3. The van der Waals surface area contributed by atoms with Gasteiger partial charge >= 0.3 is 0 Å². The van der Waals surface area contributed by atoms with Crippen LogP contribution in [0.5, 0.6) is 0 Å². The van der Waals surface area contributed by atoms with Crippen LogP contribution in [0.1, 0.15) is 12.8 Å². The van der Waals surface area contributed by atoms with Crippen LogP contribution in [0.25, 0.3) is 0 Å². The summed E-state index contributed by atoms with van der Waals surface area (Å²) in [5, 5.41) is 9.78. The molecule has 7 nitrogen and oxygen atoms in total. The molecule has 0 saturated carbocycles. The Morgan fingerprint density at radius 3 is 2.55 bits per heavy atom. The summed E-state index contributed by atoms with van der Waals surface area (Å²) in [6.45, 7) is 4.56. The molecule has 1 aromatic heterocycles. The summed E-state index contributed by atoms with van der Waals surface area (Å²) in [6, 6.07) is 1.96. The number of aliphatic hydroxyl groups excluding tert-OH is 1. The highest BCUT2D eigenvalue weighted by Gasteiger charge is 2.21. The molecule has 0 aliphatic carbocycles. The highest BCUT2D eigenvalue weighted by Crippen LogP contribution is 2.23. The number of aliphatic hydroxyl groups is 1. The van der Waals surface area contributed by atoms with Gasteiger partial charge in [0, 0.05) is 32.2 Å². The third-order valence-corrected chi connectivity index (χ3v) is 3.77. The lowest BCUT2D eigenvalue weighted by Crippen LogP contribution is -2.40. The molecule has 0 spiro atoms. The third-order valence-electron chi connectivity index (χ3n) is 3.77. The van der Waals surface area contributed by atoms with Gasteiger partial charge in [-0.2, -0.15) is 9.97 Å². The molecule has 110 valence electrons. The van der Waals surface area contributed by atoms with Gasteiger partial charge in [-0.15, -0.1) is 0 Å². The largest absolute Gasteiger partial charge is 0.391 e. The minimum Gasteiger partial charge on any atom is -0.391 e. The normalized spacial score (nSPS) is 23.9. The molecule has 0 radical (unpaired) electrons. The molecule has 2 aliphatic heterocycles. The molecule has 20 heavy (non-hydrogen) atoms. The Labute approximate surface area is 118 Å². The van der Waals surface area contributed by atoms with Crippen molar-refractivity contribution in [1.29, 1.82) is 0 Å². The molecule has 3 N–H and O–H groups in total. The van der Waals surface area contributed by atoms with Crippen molar-refractivity contribution in [3.05, 3.63) is 6.07 Å². The molecule has 2 fully saturated rings. The van der Waals surface area contributed by atoms with Gasteiger partial charge in [0.15, 0.2) is 0 Å². The Morgan fingerprint density at radius 1 is 1.15 bits per heavy atom. The Balaban J connectivity index is 1.82. The highest BCUT2D eigenvalue weighted by atomic mass is 16.5. The van der Waals surface area contributed by atoms with Gasteiger partial charge in [-0.25, -0.2) is 0 Å². The monoisotopic (exact) mass is 279 g/mol. The van der Waals surface area contributed by atoms with E-state index in [1.165, 1.54) is 0 Å². The van der Waals surface area contributed by atoms with Crippen molar-refractivity contribution in [3.63, 3.8) is 0 Å². The molecule has 0 unspecified atom stereocenters. The van der Waals surface area contributed by atoms with Crippen LogP contribution < -0.4 is 15.5 Å². The minimum atomic E-state index is -0.285. The molecular formula is C13H21N5O2. The first-order valence-corrected chi connectivity index (χ1v) is 7.12. The maximum Gasteiger partial charge on any atom is 0.223 e. The van der Waals surface area contributed by atoms with E-state index in [1.54, 1.807) is 0 Å². The van der Waals surface area contributed by atoms with Crippen LogP contribution in [0.4, 0.5) is 17.6 Å². The summed E-state index contributed by atoms with van der Waals surface area (Å²) in [5.74, 6) is 1.93. The van der Waals surface area contributed by atoms with Crippen LogP contribution in [-0.2, 0) is 4.74 Å². The number of piperidine rings is 1. The van der Waals surface area contributed by atoms with Gasteiger partial charge in [-0.05, 0) is 12.8 Å². The van der Waals surface area contributed by atoms with Gasteiger partial charge in [0.1, 0.15) is 11.6 Å². The summed E-state index contributed by atoms with van der Waals surface area (Å²) in [6.07, 6.45) is 1.54. The molecule has 7 heteroatoms. The van der Waals surface area contributed by atoms with Crippen molar-refractivity contribution in [1.82, 2.24) is 9.97 Å². The van der Waals surface area contributed by atoms with Crippen LogP contribution >= 0.6 is 0 Å². The number of nitrogen functional groups attached to an aromatic ring is 1. The fraction of sp³-hybridized carbons (Fsp3) is 0.692. The van der Waals surface area contributed by atoms with Crippen LogP contribution in [0.2, 0.25) is 0 Å². The lowest BCUT2D eigenvalue weighted by molar-refractivity contribution is 0.122. The van der Waals surface area contributed by atoms with Crippen molar-refractivity contribution >= 4 is 17.6 Å². The van der Waals surface area contributed by atoms with E-state index in [2.05, 4.69) is 19.8 Å². The highest BCUT2D eigenvalue weighted by molar-refractivity contribution is 5.54. The Morgan fingerprint density at radius 2 is 1.85 bits per heavy atom. The second kappa shape index (κ2) is 5.80. The average Bonchev–Trinajstić information content (AvgIpc) is 2.47. The first-order valence-electron chi connectivity index (χ1n) is 7.12. The maximum absolute atomic E-state index is 9.78. The molecule has 2 saturated heterocycles. The summed E-state index contributed by atoms with van der Waals surface area (Å²) < 4.78 is 5.35. The summed E-state index contributed by atoms with van der Waals surface area (Å²) >= 11 is 0. The average molecular weight is 279 g/mol. The number of β-amino-alcohol motifs (C(OH)–C–C–N with tert-alkyl or cyclic N) is 1. The molecule has 2 aliphatic rings. The number of aromatic nitrogens is 2. The third kappa shape index (κ3) is 2.94. The molecule has 0 aromatic carbocycles. The van der Waals surface area contributed by atoms with E-state index in [9.17, 15) is 5.11 Å². The summed E-state index contributed by atoms with van der Waals surface area (Å²) in [5.41, 5.74) is 5.84. The van der Waals surface area contributed by atoms with Crippen LogP contribution in [0, 0.1) is 0 Å². The van der Waals surface area contributed by atoms with Crippen LogP contribution in [-0.4, -0.2) is 60.6 Å². The van der Waals surface area contributed by atoms with E-state index >= 15 is 0 Å². The smallest absolute Gasteiger partial charge is 0.223 e. The van der Waals surface area contributed by atoms with E-state index in [1.807, 2.05) is 6.07 Å². The van der Waals surface area contributed by atoms with Gasteiger partial charge in [0.25, 0.3) is 0 Å². The van der Waals surface area contributed by atoms with E-state index in [-0.39, 0.29) is 12.1 Å². The standard InChI is InChI=1S/C13H21N5O2/c14-13-15-11(17-4-6-20-7-5-17)8-12(16-13)18-3-1-2-10(19)9-18/h8,10,19H,1-7,9H2,(H2,14,15,16)/t10-/m1/s1. The van der Waals surface area contributed by atoms with E-state index in [0.717, 1.165) is 44.1 Å². The number of nitrogens with zero attached hydrogens (tertiary/aromatic N) is 4. The van der Waals surface area contributed by atoms with E-state index in [0.29, 0.717) is 19.8 Å². The Bertz CT molecular complexity index is 464. The van der Waals surface area contributed by atoms with Crippen LogP contribution in [0.3, 0.4) is 0 Å². The molecule has 3 heterocycles. The lowest BCUT2D eigenvalue weighted by Gasteiger charge is -2.32. The number of ether oxygens (including phenoxy) is 1. The lowest BCUT2D eigenvalue weighted by atomic mass is 10.1. The first kappa shape index (κ1) is 13.4. The zero-order valence-corrected chi connectivity index (χ0v) is 11.5. The number of hydrogen-bond donors (Lipinski definition) is 2. The Kier molecular flexibility index (Phi) is 3.88. The topological polar surface area (TPSA) is 87.7 Å². The minimum absolute atomic E-state index is 0.282. The van der Waals surface area contributed by atoms with E-state index < -0.39 is 0 Å². The van der Waals surface area contributed by atoms with Gasteiger partial charge in [0.2, 0.25) is 5.95 Å². The van der Waals surface area contributed by atoms with Crippen molar-refractivity contribution < 1.29 is 9.84 Å². The molecule has 1 atom stereocenters. The molecule has 0 amide bonds. The van der Waals surface area contributed by atoms with Gasteiger partial charge in [0.05, 0.1) is 19.3 Å². The van der Waals surface area contributed by atoms with Crippen molar-refractivity contribution in [2.75, 3.05) is 54.9 Å². The number of morpholine rings is 1. The molecular weight excluding hydrogens is 258 g/mol. The summed E-state index contributed by atoms with van der Waals surface area (Å²) in [4.78, 5) is 12.9. The molecule has 0 bridgehead atoms. The second-order valence-electron chi connectivity index (χ2n) is 5.28. The van der Waals surface area contributed by atoms with Gasteiger partial charge in [-0.3, -0.25) is 0 Å². The van der Waals surface area contributed by atoms with Gasteiger partial charge in [-0.1, -0.05) is 0 Å². The van der Waals surface area contributed by atoms with Crippen molar-refractivity contribution in [2.24, 2.45) is 0 Å². The zero-order chi connectivity index (χ0) is 13.9. The van der Waals surface area contributed by atoms with Crippen molar-refractivity contribution in [3.8, 4) is 0 Å². The maximum atomic E-state index is 9.78. The first-order chi connectivity index (χ1) is 9.72. The van der Waals surface area contributed by atoms with Gasteiger partial charge < -0.3 is 25.4 Å². The number of nitrogens with two attached hydrogens (primary N) is 1. The zero-order valence-electron chi connectivity index (χ0n) is 11.5. The molecule has 3 rings (SSSR count).